The van der Waals surface area contributed by atoms with E-state index >= 15 is 0 Å². The van der Waals surface area contributed by atoms with E-state index in [-0.39, 0.29) is 18.1 Å². The molecule has 0 spiro atoms. The largest absolute Gasteiger partial charge is 0.495 e. The van der Waals surface area contributed by atoms with Crippen LogP contribution in [-0.2, 0) is 16.1 Å². The summed E-state index contributed by atoms with van der Waals surface area (Å²) in [4.78, 5) is 31.9. The van der Waals surface area contributed by atoms with Crippen LogP contribution in [0.3, 0.4) is 0 Å². The van der Waals surface area contributed by atoms with Crippen LogP contribution >= 0.6 is 11.6 Å². The number of hydrogen-bond donors (Lipinski definition) is 1. The first kappa shape index (κ1) is 20.6. The van der Waals surface area contributed by atoms with E-state index in [0.29, 0.717) is 27.6 Å². The van der Waals surface area contributed by atoms with Gasteiger partial charge in [-0.15, -0.1) is 0 Å². The van der Waals surface area contributed by atoms with Gasteiger partial charge in [0.15, 0.2) is 0 Å². The molecule has 0 saturated heterocycles. The van der Waals surface area contributed by atoms with Crippen molar-refractivity contribution in [1.82, 2.24) is 9.88 Å². The third-order valence-electron chi connectivity index (χ3n) is 5.01. The van der Waals surface area contributed by atoms with Gasteiger partial charge in [0.1, 0.15) is 11.4 Å². The number of rotatable bonds is 6. The number of methoxy groups -OCH3 is 1. The second kappa shape index (κ2) is 8.62. The lowest BCUT2D eigenvalue weighted by molar-refractivity contribution is -0.137. The number of anilines is 1. The van der Waals surface area contributed by atoms with Crippen LogP contribution in [0.4, 0.5) is 5.69 Å². The first-order valence-electron chi connectivity index (χ1n) is 9.65. The Morgan fingerprint density at radius 1 is 1.00 bits per heavy atom. The molecule has 1 N–H and O–H groups in total. The van der Waals surface area contributed by atoms with Crippen molar-refractivity contribution >= 4 is 34.7 Å². The number of benzene rings is 2. The minimum absolute atomic E-state index is 0.146. The molecule has 0 radical (unpaired) electrons. The fourth-order valence-corrected chi connectivity index (χ4v) is 3.57. The number of ether oxygens (including phenoxy) is 1. The lowest BCUT2D eigenvalue weighted by Gasteiger charge is -2.16. The molecule has 2 heterocycles. The Balaban J connectivity index is 1.78. The highest BCUT2D eigenvalue weighted by Gasteiger charge is 2.39. The Morgan fingerprint density at radius 3 is 2.39 bits per heavy atom. The van der Waals surface area contributed by atoms with Crippen molar-refractivity contribution in [1.29, 1.82) is 0 Å². The molecule has 31 heavy (non-hydrogen) atoms. The van der Waals surface area contributed by atoms with Crippen molar-refractivity contribution in [2.75, 3.05) is 12.4 Å². The van der Waals surface area contributed by atoms with Crippen LogP contribution in [0, 0.1) is 6.92 Å². The van der Waals surface area contributed by atoms with Crippen molar-refractivity contribution in [3.05, 3.63) is 94.4 Å². The number of carbonyl (C=O) groups is 2. The van der Waals surface area contributed by atoms with Crippen molar-refractivity contribution in [3.8, 4) is 5.75 Å². The van der Waals surface area contributed by atoms with Gasteiger partial charge in [-0.1, -0.05) is 29.8 Å². The minimum atomic E-state index is -0.407. The van der Waals surface area contributed by atoms with Gasteiger partial charge in [-0.3, -0.25) is 19.5 Å². The van der Waals surface area contributed by atoms with E-state index in [1.54, 1.807) is 55.9 Å². The summed E-state index contributed by atoms with van der Waals surface area (Å²) in [5.74, 6) is -0.213. The summed E-state index contributed by atoms with van der Waals surface area (Å²) in [6.45, 7) is 2.09. The smallest absolute Gasteiger partial charge is 0.278 e. The summed E-state index contributed by atoms with van der Waals surface area (Å²) in [6.07, 6.45) is 3.26. The van der Waals surface area contributed by atoms with E-state index in [1.165, 1.54) is 4.90 Å². The predicted molar refractivity (Wildman–Crippen MR) is 120 cm³/mol. The highest BCUT2D eigenvalue weighted by Crippen LogP contribution is 2.34. The molecule has 0 fully saturated rings. The number of halogens is 1. The summed E-state index contributed by atoms with van der Waals surface area (Å²) in [5.41, 5.74) is 3.50. The van der Waals surface area contributed by atoms with Crippen LogP contribution in [0.15, 0.2) is 72.7 Å². The SMILES string of the molecule is COc1ccc(C)cc1NC1=C(c2ccc(Cl)cc2)C(=O)N(Cc2ccncc2)C1=O. The van der Waals surface area contributed by atoms with Crippen molar-refractivity contribution in [2.24, 2.45) is 0 Å². The molecule has 7 heteroatoms. The number of aromatic nitrogens is 1. The van der Waals surface area contributed by atoms with Gasteiger partial charge >= 0.3 is 0 Å². The van der Waals surface area contributed by atoms with Crippen LogP contribution in [0.5, 0.6) is 5.75 Å². The molecule has 0 bridgehead atoms. The van der Waals surface area contributed by atoms with Gasteiger partial charge in [0.05, 0.1) is 24.9 Å². The molecule has 4 rings (SSSR count). The van der Waals surface area contributed by atoms with Crippen LogP contribution < -0.4 is 10.1 Å². The molecule has 0 saturated carbocycles. The lowest BCUT2D eigenvalue weighted by Crippen LogP contribution is -2.32. The third-order valence-corrected chi connectivity index (χ3v) is 5.26. The van der Waals surface area contributed by atoms with E-state index in [9.17, 15) is 9.59 Å². The van der Waals surface area contributed by atoms with Gasteiger partial charge in [-0.05, 0) is 60.0 Å². The highest BCUT2D eigenvalue weighted by molar-refractivity contribution is 6.36. The number of nitrogens with one attached hydrogen (secondary N) is 1. The maximum atomic E-state index is 13.4. The molecule has 0 atom stereocenters. The molecule has 1 aliphatic heterocycles. The number of pyridine rings is 1. The van der Waals surface area contributed by atoms with Gasteiger partial charge in [-0.25, -0.2) is 0 Å². The minimum Gasteiger partial charge on any atom is -0.495 e. The Morgan fingerprint density at radius 2 is 1.71 bits per heavy atom. The normalized spacial score (nSPS) is 13.7. The van der Waals surface area contributed by atoms with Gasteiger partial charge in [0.25, 0.3) is 11.8 Å². The van der Waals surface area contributed by atoms with E-state index in [2.05, 4.69) is 10.3 Å². The summed E-state index contributed by atoms with van der Waals surface area (Å²) >= 11 is 6.03. The van der Waals surface area contributed by atoms with Crippen molar-refractivity contribution < 1.29 is 14.3 Å². The number of nitrogens with zero attached hydrogens (tertiary/aromatic N) is 2. The fourth-order valence-electron chi connectivity index (χ4n) is 3.44. The van der Waals surface area contributed by atoms with E-state index < -0.39 is 5.91 Å². The molecule has 156 valence electrons. The summed E-state index contributed by atoms with van der Waals surface area (Å²) < 4.78 is 5.43. The van der Waals surface area contributed by atoms with Crippen molar-refractivity contribution in [3.63, 3.8) is 0 Å². The maximum Gasteiger partial charge on any atom is 0.278 e. The predicted octanol–water partition coefficient (Wildman–Crippen LogP) is 4.44. The average molecular weight is 434 g/mol. The first-order valence-corrected chi connectivity index (χ1v) is 10.0. The maximum absolute atomic E-state index is 13.4. The number of amides is 2. The third kappa shape index (κ3) is 4.15. The molecular weight excluding hydrogens is 414 g/mol. The van der Waals surface area contributed by atoms with Gasteiger partial charge in [-0.2, -0.15) is 0 Å². The van der Waals surface area contributed by atoms with Crippen LogP contribution in [-0.4, -0.2) is 28.8 Å². The van der Waals surface area contributed by atoms with Crippen LogP contribution in [0.25, 0.3) is 5.57 Å². The molecule has 0 aliphatic carbocycles. The number of imide groups is 1. The number of carbonyl (C=O) groups excluding carboxylic acids is 2. The summed E-state index contributed by atoms with van der Waals surface area (Å²) in [7, 11) is 1.56. The Hall–Kier alpha value is -3.64. The fraction of sp³-hybridized carbons (Fsp3) is 0.125. The van der Waals surface area contributed by atoms with Crippen LogP contribution in [0.1, 0.15) is 16.7 Å². The average Bonchev–Trinajstić information content (AvgIpc) is 3.00. The Bertz CT molecular complexity index is 1170. The lowest BCUT2D eigenvalue weighted by atomic mass is 10.0. The second-order valence-corrected chi connectivity index (χ2v) is 7.57. The van der Waals surface area contributed by atoms with E-state index in [0.717, 1.165) is 11.1 Å². The zero-order valence-electron chi connectivity index (χ0n) is 17.1. The summed E-state index contributed by atoms with van der Waals surface area (Å²) in [5, 5.41) is 3.70. The second-order valence-electron chi connectivity index (χ2n) is 7.14. The van der Waals surface area contributed by atoms with E-state index in [1.807, 2.05) is 25.1 Å². The molecule has 0 unspecified atom stereocenters. The topological polar surface area (TPSA) is 71.5 Å². The molecule has 2 amide bonds. The Kier molecular flexibility index (Phi) is 5.73. The highest BCUT2D eigenvalue weighted by atomic mass is 35.5. The molecule has 3 aromatic rings. The zero-order chi connectivity index (χ0) is 22.0. The quantitative estimate of drug-likeness (QED) is 0.582. The summed E-state index contributed by atoms with van der Waals surface area (Å²) in [6, 6.07) is 16.0. The van der Waals surface area contributed by atoms with Gasteiger partial charge < -0.3 is 10.1 Å². The number of hydrogen-bond acceptors (Lipinski definition) is 5. The first-order chi connectivity index (χ1) is 15.0. The van der Waals surface area contributed by atoms with Crippen molar-refractivity contribution in [2.45, 2.75) is 13.5 Å². The standard InChI is InChI=1S/C24H20ClN3O3/c1-15-3-8-20(31-2)19(13-15)27-22-21(17-4-6-18(25)7-5-17)23(29)28(24(22)30)14-16-9-11-26-12-10-16/h3-13,27H,14H2,1-2H3. The molecule has 6 nitrogen and oxygen atoms in total. The molecule has 1 aliphatic rings. The zero-order valence-corrected chi connectivity index (χ0v) is 17.8. The monoisotopic (exact) mass is 433 g/mol. The Labute approximate surface area is 185 Å². The number of aryl methyl sites for hydroxylation is 1. The van der Waals surface area contributed by atoms with Crippen LogP contribution in [0.2, 0.25) is 5.02 Å². The molecular formula is C24H20ClN3O3. The van der Waals surface area contributed by atoms with E-state index in [4.69, 9.17) is 16.3 Å². The van der Waals surface area contributed by atoms with Gasteiger partial charge in [0, 0.05) is 17.4 Å². The molecule has 1 aromatic heterocycles. The van der Waals surface area contributed by atoms with Gasteiger partial charge in [0.2, 0.25) is 0 Å². The molecule has 2 aromatic carbocycles.